The van der Waals surface area contributed by atoms with Crippen LogP contribution in [-0.2, 0) is 0 Å². The van der Waals surface area contributed by atoms with Gasteiger partial charge in [0.2, 0.25) is 5.72 Å². The molecule has 2 aromatic carbocycles. The number of nitrogens with zero attached hydrogens (tertiary/aromatic N) is 3. The van der Waals surface area contributed by atoms with Gasteiger partial charge in [-0.15, -0.1) is 0 Å². The lowest BCUT2D eigenvalue weighted by molar-refractivity contribution is -0.149. The summed E-state index contributed by atoms with van der Waals surface area (Å²) in [5.41, 5.74) is 4.49. The predicted molar refractivity (Wildman–Crippen MR) is 119 cm³/mol. The summed E-state index contributed by atoms with van der Waals surface area (Å²) in [6, 6.07) is 15.1. The van der Waals surface area contributed by atoms with E-state index in [1.165, 1.54) is 17.5 Å². The molecule has 3 aliphatic rings. The molecule has 0 aliphatic carbocycles. The number of fused-ring (bicyclic) bond motifs is 4. The molecule has 1 atom stereocenters. The zero-order valence-corrected chi connectivity index (χ0v) is 18.2. The summed E-state index contributed by atoms with van der Waals surface area (Å²) in [5.74, 6) is 1.91. The maximum Gasteiger partial charge on any atom is 0.200 e. The molecule has 1 spiro atoms. The molecule has 30 heavy (non-hydrogen) atoms. The zero-order chi connectivity index (χ0) is 20.7. The second kappa shape index (κ2) is 7.62. The average Bonchev–Trinajstić information content (AvgIpc) is 3.23. The minimum Gasteiger partial charge on any atom is -0.497 e. The van der Waals surface area contributed by atoms with Gasteiger partial charge in [-0.2, -0.15) is 5.10 Å². The fraction of sp³-hybridized carbons (Fsp3) is 0.480. The van der Waals surface area contributed by atoms with Crippen molar-refractivity contribution in [1.82, 2.24) is 9.91 Å². The normalized spacial score (nSPS) is 22.3. The number of aryl methyl sites for hydroxylation is 1. The van der Waals surface area contributed by atoms with Crippen LogP contribution in [0.15, 0.2) is 47.6 Å². The number of methoxy groups -OCH3 is 1. The molecular weight excluding hydrogens is 374 g/mol. The van der Waals surface area contributed by atoms with E-state index < -0.39 is 0 Å². The lowest BCUT2D eigenvalue weighted by Gasteiger charge is -2.51. The third-order valence-corrected chi connectivity index (χ3v) is 6.75. The Hall–Kier alpha value is -2.53. The highest BCUT2D eigenvalue weighted by atomic mass is 16.5. The van der Waals surface area contributed by atoms with Crippen molar-refractivity contribution >= 4 is 5.71 Å². The van der Waals surface area contributed by atoms with Crippen LogP contribution in [0.3, 0.4) is 0 Å². The van der Waals surface area contributed by atoms with E-state index in [0.717, 1.165) is 61.7 Å². The molecule has 0 aromatic heterocycles. The maximum atomic E-state index is 6.75. The van der Waals surface area contributed by atoms with Crippen molar-refractivity contribution in [3.8, 4) is 11.5 Å². The van der Waals surface area contributed by atoms with Gasteiger partial charge >= 0.3 is 0 Å². The summed E-state index contributed by atoms with van der Waals surface area (Å²) in [4.78, 5) is 2.55. The van der Waals surface area contributed by atoms with Crippen LogP contribution in [-0.4, -0.2) is 48.1 Å². The maximum absolute atomic E-state index is 6.75. The minimum atomic E-state index is -0.342. The van der Waals surface area contributed by atoms with Crippen LogP contribution < -0.4 is 9.47 Å². The molecule has 0 N–H and O–H groups in total. The average molecular weight is 406 g/mol. The van der Waals surface area contributed by atoms with Crippen LogP contribution >= 0.6 is 0 Å². The van der Waals surface area contributed by atoms with Gasteiger partial charge in [-0.05, 0) is 55.8 Å². The highest BCUT2D eigenvalue weighted by molar-refractivity contribution is 6.02. The van der Waals surface area contributed by atoms with Gasteiger partial charge in [-0.3, -0.25) is 0 Å². The number of hydrazone groups is 1. The molecule has 158 valence electrons. The van der Waals surface area contributed by atoms with E-state index in [1.54, 1.807) is 7.11 Å². The van der Waals surface area contributed by atoms with Crippen LogP contribution in [0.1, 0.15) is 55.3 Å². The van der Waals surface area contributed by atoms with Crippen molar-refractivity contribution in [3.63, 3.8) is 0 Å². The number of ether oxygens (including phenoxy) is 2. The Balaban J connectivity index is 1.51. The second-order valence-electron chi connectivity index (χ2n) is 8.77. The van der Waals surface area contributed by atoms with Crippen LogP contribution in [0.2, 0.25) is 0 Å². The van der Waals surface area contributed by atoms with Gasteiger partial charge in [0.15, 0.2) is 0 Å². The number of rotatable bonds is 4. The molecule has 1 saturated heterocycles. The Bertz CT molecular complexity index is 945. The molecule has 0 amide bonds. The van der Waals surface area contributed by atoms with E-state index in [4.69, 9.17) is 14.6 Å². The number of benzene rings is 2. The van der Waals surface area contributed by atoms with E-state index in [1.807, 2.05) is 12.1 Å². The van der Waals surface area contributed by atoms with Crippen LogP contribution in [0.5, 0.6) is 11.5 Å². The summed E-state index contributed by atoms with van der Waals surface area (Å²) >= 11 is 0. The molecule has 0 bridgehead atoms. The van der Waals surface area contributed by atoms with Gasteiger partial charge in [-0.25, -0.2) is 5.01 Å². The Labute approximate surface area is 179 Å². The third-order valence-electron chi connectivity index (χ3n) is 6.75. The smallest absolute Gasteiger partial charge is 0.200 e. The summed E-state index contributed by atoms with van der Waals surface area (Å²) in [6.07, 6.45) is 4.07. The molecule has 0 radical (unpaired) electrons. The SMILES string of the molecule is CCCN1CCC2(CC1)Oc1ccc(C)cc1[C@H]1CC(c3ccc(OC)cc3)=NN12. The number of likely N-dealkylation sites (tertiary alicyclic amines) is 1. The van der Waals surface area contributed by atoms with Crippen molar-refractivity contribution in [1.29, 1.82) is 0 Å². The Morgan fingerprint density at radius 1 is 1.13 bits per heavy atom. The zero-order valence-electron chi connectivity index (χ0n) is 18.2. The molecule has 2 aromatic rings. The van der Waals surface area contributed by atoms with Gasteiger partial charge in [0.1, 0.15) is 11.5 Å². The fourth-order valence-electron chi connectivity index (χ4n) is 5.13. The number of hydrogen-bond donors (Lipinski definition) is 0. The van der Waals surface area contributed by atoms with E-state index in [-0.39, 0.29) is 11.8 Å². The lowest BCUT2D eigenvalue weighted by atomic mass is 9.90. The molecule has 3 heterocycles. The van der Waals surface area contributed by atoms with Crippen molar-refractivity contribution in [3.05, 3.63) is 59.2 Å². The third kappa shape index (κ3) is 3.25. The first-order valence-corrected chi connectivity index (χ1v) is 11.1. The van der Waals surface area contributed by atoms with Gasteiger partial charge < -0.3 is 14.4 Å². The van der Waals surface area contributed by atoms with Crippen molar-refractivity contribution in [2.24, 2.45) is 5.10 Å². The Kier molecular flexibility index (Phi) is 4.94. The van der Waals surface area contributed by atoms with E-state index in [9.17, 15) is 0 Å². The van der Waals surface area contributed by atoms with E-state index in [2.05, 4.69) is 54.1 Å². The van der Waals surface area contributed by atoms with Crippen LogP contribution in [0, 0.1) is 6.92 Å². The first kappa shape index (κ1) is 19.4. The summed E-state index contributed by atoms with van der Waals surface area (Å²) in [7, 11) is 1.70. The Morgan fingerprint density at radius 3 is 2.60 bits per heavy atom. The first-order valence-electron chi connectivity index (χ1n) is 11.1. The van der Waals surface area contributed by atoms with Crippen LogP contribution in [0.25, 0.3) is 0 Å². The molecular formula is C25H31N3O2. The highest BCUT2D eigenvalue weighted by Crippen LogP contribution is 2.50. The largest absolute Gasteiger partial charge is 0.497 e. The topological polar surface area (TPSA) is 37.3 Å². The summed E-state index contributed by atoms with van der Waals surface area (Å²) < 4.78 is 12.1. The molecule has 5 rings (SSSR count). The van der Waals surface area contributed by atoms with Gasteiger partial charge in [0, 0.05) is 37.9 Å². The predicted octanol–water partition coefficient (Wildman–Crippen LogP) is 4.75. The summed E-state index contributed by atoms with van der Waals surface area (Å²) in [6.45, 7) is 7.69. The minimum absolute atomic E-state index is 0.239. The van der Waals surface area contributed by atoms with Crippen molar-refractivity contribution in [2.75, 3.05) is 26.7 Å². The Morgan fingerprint density at radius 2 is 1.90 bits per heavy atom. The van der Waals surface area contributed by atoms with E-state index >= 15 is 0 Å². The first-order chi connectivity index (χ1) is 14.6. The molecule has 0 saturated carbocycles. The second-order valence-corrected chi connectivity index (χ2v) is 8.77. The molecule has 0 unspecified atom stereocenters. The standard InChI is InChI=1S/C25H31N3O2/c1-4-13-27-14-11-25(12-15-27)28-23(21-16-18(2)5-10-24(21)30-25)17-22(26-28)19-6-8-20(29-3)9-7-19/h5-10,16,23H,4,11-15,17H2,1-3H3/t23-/m1/s1. The number of hydrogen-bond acceptors (Lipinski definition) is 5. The van der Waals surface area contributed by atoms with Gasteiger partial charge in [0.25, 0.3) is 0 Å². The van der Waals surface area contributed by atoms with Gasteiger partial charge in [-0.1, -0.05) is 24.6 Å². The van der Waals surface area contributed by atoms with E-state index in [0.29, 0.717) is 0 Å². The van der Waals surface area contributed by atoms with Crippen LogP contribution in [0.4, 0.5) is 0 Å². The fourth-order valence-corrected chi connectivity index (χ4v) is 5.13. The molecule has 1 fully saturated rings. The quantitative estimate of drug-likeness (QED) is 0.736. The monoisotopic (exact) mass is 405 g/mol. The number of piperidine rings is 1. The van der Waals surface area contributed by atoms with Gasteiger partial charge in [0.05, 0.1) is 18.9 Å². The summed E-state index contributed by atoms with van der Waals surface area (Å²) in [5, 5.41) is 7.48. The molecule has 5 heteroatoms. The van der Waals surface area contributed by atoms with Crippen molar-refractivity contribution < 1.29 is 9.47 Å². The molecule has 5 nitrogen and oxygen atoms in total. The van der Waals surface area contributed by atoms with Crippen molar-refractivity contribution in [2.45, 2.75) is 51.3 Å². The highest BCUT2D eigenvalue weighted by Gasteiger charge is 2.51. The molecule has 3 aliphatic heterocycles. The lowest BCUT2D eigenvalue weighted by Crippen LogP contribution is -2.59.